The molecule has 0 aliphatic heterocycles. The molecule has 14 rings (SSSR count). The molecule has 0 spiro atoms. The van der Waals surface area contributed by atoms with E-state index in [9.17, 15) is 43.5 Å². The van der Waals surface area contributed by atoms with Crippen molar-refractivity contribution in [3.63, 3.8) is 0 Å². The summed E-state index contributed by atoms with van der Waals surface area (Å²) in [6.45, 7) is 26.3. The fraction of sp³-hybridized carbons (Fsp3) is 0.506. The van der Waals surface area contributed by atoms with Crippen LogP contribution in [0.5, 0.6) is 0 Å². The highest BCUT2D eigenvalue weighted by Gasteiger charge is 2.27. The molecule has 0 saturated heterocycles. The van der Waals surface area contributed by atoms with Crippen LogP contribution in [0, 0.1) is 0 Å². The number of H-pyrrole nitrogens is 7. The highest BCUT2D eigenvalue weighted by molar-refractivity contribution is 6.35. The van der Waals surface area contributed by atoms with Crippen LogP contribution in [-0.2, 0) is 4.74 Å². The molecule has 0 fully saturated rings. The molecule has 0 aromatic carbocycles. The first kappa shape index (κ1) is 108. The van der Waals surface area contributed by atoms with Crippen LogP contribution in [0.2, 0.25) is 35.2 Å². The van der Waals surface area contributed by atoms with E-state index in [0.717, 1.165) is 119 Å². The molecular formula is C87H122Cl7N27O12. The van der Waals surface area contributed by atoms with Gasteiger partial charge in [0.15, 0.2) is 39.5 Å². The Morgan fingerprint density at radius 1 is 0.383 bits per heavy atom. The van der Waals surface area contributed by atoms with Gasteiger partial charge in [-0.25, -0.2) is 73.2 Å². The Kier molecular flexibility index (Phi) is 43.1. The van der Waals surface area contributed by atoms with E-state index in [1.807, 2.05) is 74.8 Å². The number of pyridine rings is 7. The van der Waals surface area contributed by atoms with E-state index in [4.69, 9.17) is 96.2 Å². The van der Waals surface area contributed by atoms with Crippen LogP contribution >= 0.6 is 81.2 Å². The van der Waals surface area contributed by atoms with Gasteiger partial charge in [-0.3, -0.25) is 66.9 Å². The normalized spacial score (nSPS) is 12.9. The maximum absolute atomic E-state index is 12.2. The third kappa shape index (κ3) is 28.4. The number of halogens is 7. The molecule has 0 unspecified atom stereocenters. The van der Waals surface area contributed by atoms with Gasteiger partial charge in [-0.1, -0.05) is 144 Å². The van der Waals surface area contributed by atoms with E-state index < -0.39 is 5.97 Å². The number of imidazole rings is 7. The molecule has 13 N–H and O–H groups in total. The second kappa shape index (κ2) is 52.8. The number of carboxylic acid groups (broad SMARTS) is 1. The summed E-state index contributed by atoms with van der Waals surface area (Å²) >= 11 is 41.6. The van der Waals surface area contributed by atoms with Crippen molar-refractivity contribution in [2.24, 2.45) is 0 Å². The van der Waals surface area contributed by atoms with Crippen LogP contribution < -0.4 is 55.8 Å². The minimum Gasteiger partial charge on any atom is -0.478 e. The molecule has 14 heterocycles. The predicted octanol–water partition coefficient (Wildman–Crippen LogP) is 12.3. The highest BCUT2D eigenvalue weighted by atomic mass is 35.5. The molecule has 0 saturated carbocycles. The predicted molar refractivity (Wildman–Crippen MR) is 530 cm³/mol. The Morgan fingerprint density at radius 3 is 0.940 bits per heavy atom. The van der Waals surface area contributed by atoms with E-state index in [1.165, 1.54) is 41.7 Å². The molecule has 14 aromatic rings. The van der Waals surface area contributed by atoms with Crippen LogP contribution in [-0.4, -0.2) is 265 Å². The average molecular weight is 1990 g/mol. The first-order valence-electron chi connectivity index (χ1n) is 44.0. The molecule has 6 atom stereocenters. The third-order valence-corrected chi connectivity index (χ3v) is 23.7. The van der Waals surface area contributed by atoms with Crippen molar-refractivity contribution >= 4 is 165 Å². The second-order valence-electron chi connectivity index (χ2n) is 31.7. The fourth-order valence-corrected chi connectivity index (χ4v) is 16.7. The van der Waals surface area contributed by atoms with Gasteiger partial charge in [0.05, 0.1) is 124 Å². The quantitative estimate of drug-likeness (QED) is 0.0161. The van der Waals surface area contributed by atoms with E-state index in [-0.39, 0.29) is 117 Å². The van der Waals surface area contributed by atoms with Gasteiger partial charge in [-0.15, -0.1) is 0 Å². The van der Waals surface area contributed by atoms with Crippen LogP contribution in [0.1, 0.15) is 173 Å². The Labute approximate surface area is 801 Å². The molecule has 0 aliphatic carbocycles. The Balaban J connectivity index is 0.000000191. The molecule has 0 aliphatic rings. The molecular weight excluding hydrogens is 1860 g/mol. The fourth-order valence-electron chi connectivity index (χ4n) is 15.5. The second-order valence-corrected chi connectivity index (χ2v) is 34.8. The topological polar surface area (TPSA) is 488 Å². The van der Waals surface area contributed by atoms with Gasteiger partial charge in [-0.2, -0.15) is 0 Å². The zero-order valence-corrected chi connectivity index (χ0v) is 82.7. The Bertz CT molecular complexity index is 6430. The van der Waals surface area contributed by atoms with Gasteiger partial charge < -0.3 is 50.7 Å². The summed E-state index contributed by atoms with van der Waals surface area (Å²) in [4.78, 5) is 150. The van der Waals surface area contributed by atoms with Gasteiger partial charge in [0.1, 0.15) is 11.1 Å². The number of aliphatic hydroxyl groups is 2. The van der Waals surface area contributed by atoms with Crippen LogP contribution in [0.4, 0.5) is 0 Å². The number of likely N-dealkylation sites (N-methyl/N-ethyl adjacent to an activating group) is 4. The lowest BCUT2D eigenvalue weighted by Crippen LogP contribution is -2.33. The summed E-state index contributed by atoms with van der Waals surface area (Å²) < 4.78 is 16.8. The first-order valence-corrected chi connectivity index (χ1v) is 46.7. The van der Waals surface area contributed by atoms with Crippen molar-refractivity contribution in [1.29, 1.82) is 0 Å². The summed E-state index contributed by atoms with van der Waals surface area (Å²) in [7, 11) is 11.5. The highest BCUT2D eigenvalue weighted by Crippen LogP contribution is 2.30. The Morgan fingerprint density at radius 2 is 0.662 bits per heavy atom. The van der Waals surface area contributed by atoms with E-state index in [0.29, 0.717) is 108 Å². The standard InChI is InChI=1S/C14H21ClN4O2.C13H19ClN4O2.C13H19ClN4O.C12H17ClN4O2.C12H17ClN4O.C12H14ClN3O3.C11H15ClN4O/c1-4-11(9-18(2)5-6-21-3)19-12-7-10(15)8-16-13(12)17-14(19)20;1-3-10(8-17(2)4-5-19)18-11-6-9(14)7-15-12(11)16-13(18)20;1-3-5-15-8-10(4-2)18-11-6-9(14)7-16-12(11)17-13(18)19;1-2-9(7-14-3-4-18)17-10-5-8(13)6-15-11(10)16-12(17)19;1-4-9(7-16(2)3)17-10-5-8(13)6-14-11(10)15-12(17)18;1-3-6(4-2)16-9-8(11(17)18)7(13)5-14-10(9)15-12(16)19;1-3-8(6-13-2)16-9-4-7(12)5-14-10(9)15-11(16)17/h7-8,11H,4-6,9H2,1-3H3,(H,16,17,20);6-7,10,19H,3-5,8H2,1-2H3,(H,15,16,20);6-7,10,15H,3-5,8H2,1-2H3,(H,16,17,19);5-6,9,14,18H,2-4,7H2,1H3,(H,15,16,19);5-6,9H,4,7H2,1-3H3,(H,14,15,18);5-6H,3-4H2,1-2H3,(H,17,18)(H,14,15,19);4-5,8,13H,3,6H2,1-2H3,(H,14,15,17)/t11-;2*10-;2*9-;;8-/m11111.1/s1. The summed E-state index contributed by atoms with van der Waals surface area (Å²) in [6, 6.07) is 10.9. The number of aromatic amines is 7. The number of aromatic carboxylic acids is 1. The number of carbonyl (C=O) groups is 1. The number of methoxy groups -OCH3 is 1. The average Bonchev–Trinajstić information content (AvgIpc) is 1.62. The van der Waals surface area contributed by atoms with Gasteiger partial charge in [-0.05, 0) is 136 Å². The molecule has 0 radical (unpaired) electrons. The number of nitrogens with zero attached hydrogens (tertiary/aromatic N) is 17. The number of nitrogens with one attached hydrogen (secondary N) is 10. The summed E-state index contributed by atoms with van der Waals surface area (Å²) in [5, 5.41) is 39.7. The van der Waals surface area contributed by atoms with E-state index in [2.05, 4.69) is 123 Å². The van der Waals surface area contributed by atoms with Crippen molar-refractivity contribution in [2.75, 3.05) is 128 Å². The smallest absolute Gasteiger partial charge is 0.339 e. The number of carboxylic acids is 1. The number of hydrogen-bond acceptors (Lipinski definition) is 24. The molecule has 14 aromatic heterocycles. The molecule has 0 bridgehead atoms. The van der Waals surface area contributed by atoms with Gasteiger partial charge >= 0.3 is 45.8 Å². The zero-order chi connectivity index (χ0) is 97.6. The number of rotatable bonds is 37. The maximum atomic E-state index is 12.2. The lowest BCUT2D eigenvalue weighted by atomic mass is 10.1. The number of ether oxygens (including phenoxy) is 1. The van der Waals surface area contributed by atoms with Crippen LogP contribution in [0.3, 0.4) is 0 Å². The van der Waals surface area contributed by atoms with Crippen molar-refractivity contribution in [2.45, 2.75) is 162 Å². The summed E-state index contributed by atoms with van der Waals surface area (Å²) in [6.07, 6.45) is 18.0. The lowest BCUT2D eigenvalue weighted by Gasteiger charge is -2.24. The minimum atomic E-state index is -1.17. The van der Waals surface area contributed by atoms with Gasteiger partial charge in [0.25, 0.3) is 0 Å². The number of fused-ring (bicyclic) bond motifs is 7. The molecule has 46 heteroatoms. The van der Waals surface area contributed by atoms with Gasteiger partial charge in [0, 0.05) is 115 Å². The van der Waals surface area contributed by atoms with Crippen LogP contribution in [0.25, 0.3) is 78.1 Å². The minimum absolute atomic E-state index is 0.00642. The molecule has 0 amide bonds. The summed E-state index contributed by atoms with van der Waals surface area (Å²) in [5.74, 6) is -1.17. The van der Waals surface area contributed by atoms with Gasteiger partial charge in [0.2, 0.25) is 0 Å². The van der Waals surface area contributed by atoms with Crippen molar-refractivity contribution in [1.82, 2.24) is 132 Å². The van der Waals surface area contributed by atoms with Crippen molar-refractivity contribution in [3.05, 3.63) is 194 Å². The monoisotopic (exact) mass is 1980 g/mol. The van der Waals surface area contributed by atoms with Crippen molar-refractivity contribution in [3.8, 4) is 0 Å². The number of hydrogen-bond donors (Lipinski definition) is 13. The summed E-state index contributed by atoms with van der Waals surface area (Å²) in [5.41, 5.74) is 7.00. The SMILES string of the molecule is CCC(CC)n1c(=O)[nH]c2ncc(Cl)c(C(=O)O)c21.CCCNC[C@@H](CC)n1c(=O)[nH]c2ncc(Cl)cc21.CC[C@H](CN(C)C)n1c(=O)[nH]c2ncc(Cl)cc21.CC[C@H](CN(C)CCO)n1c(=O)[nH]c2ncc(Cl)cc21.CC[C@H](CN(C)CCOC)n1c(=O)[nH]c2ncc(Cl)cc21.CC[C@H](CNC)n1c(=O)[nH]c2ncc(Cl)cc21.CC[C@H](CNCCO)n1c(=O)[nH]c2ncc(Cl)cc21. The van der Waals surface area contributed by atoms with E-state index in [1.54, 1.807) is 77.1 Å². The largest absolute Gasteiger partial charge is 0.478 e. The third-order valence-electron chi connectivity index (χ3n) is 22.2. The van der Waals surface area contributed by atoms with E-state index >= 15 is 0 Å². The number of aliphatic hydroxyl groups excluding tert-OH is 2. The lowest BCUT2D eigenvalue weighted by molar-refractivity contribution is 0.0698. The zero-order valence-electron chi connectivity index (χ0n) is 77.4. The Hall–Kier alpha value is -9.92. The molecule has 39 nitrogen and oxygen atoms in total. The molecule has 726 valence electrons. The number of aromatic nitrogens is 21. The first-order chi connectivity index (χ1) is 63.7. The molecule has 133 heavy (non-hydrogen) atoms. The maximum Gasteiger partial charge on any atom is 0.339 e. The van der Waals surface area contributed by atoms with Crippen LogP contribution in [0.15, 0.2) is 113 Å². The van der Waals surface area contributed by atoms with Crippen molar-refractivity contribution < 1.29 is 24.9 Å².